The van der Waals surface area contributed by atoms with Gasteiger partial charge in [-0.05, 0) is 32.6 Å². The van der Waals surface area contributed by atoms with Crippen LogP contribution in [0.15, 0.2) is 18.3 Å². The molecule has 1 atom stereocenters. The van der Waals surface area contributed by atoms with Crippen LogP contribution in [0.1, 0.15) is 38.6 Å². The number of carbonyl (C=O) groups excluding carboxylic acids is 1. The Morgan fingerprint density at radius 3 is 2.48 bits per heavy atom. The van der Waals surface area contributed by atoms with Crippen molar-refractivity contribution in [2.45, 2.75) is 44.7 Å². The SMILES string of the molecule is CC(CO)Nc1ncc2nc(Nc3c(F)cc(F)cc3F)n([C@H]3CC[C@@H](C(N)=O)CC3)c2n1. The monoisotopic (exact) mass is 463 g/mol. The minimum Gasteiger partial charge on any atom is -0.394 e. The summed E-state index contributed by atoms with van der Waals surface area (Å²) in [5.74, 6) is -3.47. The van der Waals surface area contributed by atoms with E-state index in [0.29, 0.717) is 49.0 Å². The fraction of sp³-hybridized carbons (Fsp3) is 0.429. The van der Waals surface area contributed by atoms with Gasteiger partial charge in [0.05, 0.1) is 12.8 Å². The number of nitrogens with two attached hydrogens (primary N) is 1. The second kappa shape index (κ2) is 9.22. The molecule has 4 rings (SSSR count). The first-order valence-electron chi connectivity index (χ1n) is 10.6. The number of aliphatic hydroxyl groups excluding tert-OH is 1. The predicted molar refractivity (Wildman–Crippen MR) is 115 cm³/mol. The zero-order valence-electron chi connectivity index (χ0n) is 17.9. The summed E-state index contributed by atoms with van der Waals surface area (Å²) in [6.07, 6.45) is 3.71. The molecule has 3 aromatic rings. The average molecular weight is 463 g/mol. The van der Waals surface area contributed by atoms with Crippen molar-refractivity contribution in [1.29, 1.82) is 0 Å². The Labute approximate surface area is 187 Å². The maximum Gasteiger partial charge on any atom is 0.225 e. The molecule has 12 heteroatoms. The van der Waals surface area contributed by atoms with E-state index in [0.717, 1.165) is 0 Å². The van der Waals surface area contributed by atoms with E-state index >= 15 is 0 Å². The summed E-state index contributed by atoms with van der Waals surface area (Å²) in [4.78, 5) is 24.7. The van der Waals surface area contributed by atoms with Crippen LogP contribution in [-0.2, 0) is 4.79 Å². The second-order valence-corrected chi connectivity index (χ2v) is 8.21. The number of aromatic nitrogens is 4. The fourth-order valence-electron chi connectivity index (χ4n) is 4.05. The number of nitrogens with zero attached hydrogens (tertiary/aromatic N) is 4. The number of nitrogens with one attached hydrogen (secondary N) is 2. The van der Waals surface area contributed by atoms with Gasteiger partial charge < -0.3 is 21.5 Å². The number of imidazole rings is 1. The molecular weight excluding hydrogens is 439 g/mol. The van der Waals surface area contributed by atoms with E-state index in [1.54, 1.807) is 11.5 Å². The topological polar surface area (TPSA) is 131 Å². The van der Waals surface area contributed by atoms with Crippen molar-refractivity contribution in [1.82, 2.24) is 19.5 Å². The van der Waals surface area contributed by atoms with Crippen LogP contribution in [0, 0.1) is 23.4 Å². The van der Waals surface area contributed by atoms with Crippen LogP contribution in [-0.4, -0.2) is 43.2 Å². The lowest BCUT2D eigenvalue weighted by Crippen LogP contribution is -2.29. The molecule has 1 unspecified atom stereocenters. The van der Waals surface area contributed by atoms with Gasteiger partial charge in [0, 0.05) is 30.1 Å². The normalized spacial score (nSPS) is 19.4. The molecule has 2 heterocycles. The number of hydrogen-bond acceptors (Lipinski definition) is 7. The van der Waals surface area contributed by atoms with Gasteiger partial charge in [0.2, 0.25) is 17.8 Å². The second-order valence-electron chi connectivity index (χ2n) is 8.21. The minimum absolute atomic E-state index is 0.110. The van der Waals surface area contributed by atoms with Crippen molar-refractivity contribution in [2.24, 2.45) is 11.7 Å². The standard InChI is InChI=1S/C21H24F3N7O2/c1-10(9-32)27-20-26-8-16-19(30-20)31(13-4-2-11(3-5-13)18(25)33)21(28-16)29-17-14(23)6-12(22)7-15(17)24/h6-8,10-11,13,32H,2-5,9H2,1H3,(H2,25,33)(H,28,29)(H,26,27,30)/t10?,11-,13+. The lowest BCUT2D eigenvalue weighted by molar-refractivity contribution is -0.122. The lowest BCUT2D eigenvalue weighted by Gasteiger charge is -2.29. The number of fused-ring (bicyclic) bond motifs is 1. The van der Waals surface area contributed by atoms with E-state index in [2.05, 4.69) is 25.6 Å². The van der Waals surface area contributed by atoms with E-state index in [1.807, 2.05) is 0 Å². The summed E-state index contributed by atoms with van der Waals surface area (Å²) in [5, 5.41) is 14.9. The molecule has 0 saturated heterocycles. The van der Waals surface area contributed by atoms with Crippen molar-refractivity contribution in [3.8, 4) is 0 Å². The maximum atomic E-state index is 14.3. The number of rotatable bonds is 7. The largest absolute Gasteiger partial charge is 0.394 e. The molecule has 1 amide bonds. The van der Waals surface area contributed by atoms with Gasteiger partial charge in [0.25, 0.3) is 0 Å². The number of hydrogen-bond donors (Lipinski definition) is 4. The van der Waals surface area contributed by atoms with Crippen LogP contribution in [0.3, 0.4) is 0 Å². The number of amides is 1. The molecule has 176 valence electrons. The summed E-state index contributed by atoms with van der Waals surface area (Å²) >= 11 is 0. The van der Waals surface area contributed by atoms with E-state index < -0.39 is 23.1 Å². The molecule has 9 nitrogen and oxygen atoms in total. The quantitative estimate of drug-likeness (QED) is 0.424. The Morgan fingerprint density at radius 2 is 1.88 bits per heavy atom. The van der Waals surface area contributed by atoms with Gasteiger partial charge in [-0.15, -0.1) is 0 Å². The zero-order valence-corrected chi connectivity index (χ0v) is 17.9. The van der Waals surface area contributed by atoms with Crippen molar-refractivity contribution in [3.05, 3.63) is 35.8 Å². The number of primary amides is 1. The van der Waals surface area contributed by atoms with Crippen LogP contribution in [0.5, 0.6) is 0 Å². The summed E-state index contributed by atoms with van der Waals surface area (Å²) in [7, 11) is 0. The van der Waals surface area contributed by atoms with Crippen molar-refractivity contribution >= 4 is 34.7 Å². The summed E-state index contributed by atoms with van der Waals surface area (Å²) < 4.78 is 43.7. The maximum absolute atomic E-state index is 14.3. The Bertz CT molecular complexity index is 1160. The van der Waals surface area contributed by atoms with Gasteiger partial charge in [-0.3, -0.25) is 9.36 Å². The van der Waals surface area contributed by atoms with Crippen LogP contribution in [0.25, 0.3) is 11.2 Å². The lowest BCUT2D eigenvalue weighted by atomic mass is 9.85. The smallest absolute Gasteiger partial charge is 0.225 e. The molecule has 1 aliphatic carbocycles. The Kier molecular flexibility index (Phi) is 6.36. The third-order valence-corrected chi connectivity index (χ3v) is 5.79. The molecule has 0 radical (unpaired) electrons. The van der Waals surface area contributed by atoms with E-state index in [4.69, 9.17) is 5.73 Å². The number of halogens is 3. The Balaban J connectivity index is 1.77. The highest BCUT2D eigenvalue weighted by Gasteiger charge is 2.29. The summed E-state index contributed by atoms with van der Waals surface area (Å²) in [6.45, 7) is 1.62. The highest BCUT2D eigenvalue weighted by molar-refractivity contribution is 5.78. The first-order chi connectivity index (χ1) is 15.8. The molecule has 0 bridgehead atoms. The number of anilines is 3. The Morgan fingerprint density at radius 1 is 1.21 bits per heavy atom. The van der Waals surface area contributed by atoms with Crippen molar-refractivity contribution in [2.75, 3.05) is 17.2 Å². The summed E-state index contributed by atoms with van der Waals surface area (Å²) in [5.41, 5.74) is 5.69. The van der Waals surface area contributed by atoms with Crippen LogP contribution < -0.4 is 16.4 Å². The molecule has 0 spiro atoms. The fourth-order valence-corrected chi connectivity index (χ4v) is 4.05. The minimum atomic E-state index is -1.10. The third-order valence-electron chi connectivity index (χ3n) is 5.79. The van der Waals surface area contributed by atoms with Gasteiger partial charge in [0.1, 0.15) is 17.0 Å². The van der Waals surface area contributed by atoms with Crippen LogP contribution >= 0.6 is 0 Å². The first-order valence-corrected chi connectivity index (χ1v) is 10.6. The van der Waals surface area contributed by atoms with Crippen LogP contribution in [0.2, 0.25) is 0 Å². The number of aliphatic hydroxyl groups is 1. The molecule has 5 N–H and O–H groups in total. The highest BCUT2D eigenvalue weighted by atomic mass is 19.1. The molecule has 2 aromatic heterocycles. The van der Waals surface area contributed by atoms with Gasteiger partial charge in [0.15, 0.2) is 17.3 Å². The van der Waals surface area contributed by atoms with E-state index in [-0.39, 0.29) is 42.4 Å². The van der Waals surface area contributed by atoms with E-state index in [1.165, 1.54) is 6.20 Å². The molecule has 1 aromatic carbocycles. The van der Waals surface area contributed by atoms with Gasteiger partial charge in [-0.25, -0.2) is 23.1 Å². The van der Waals surface area contributed by atoms with Gasteiger partial charge >= 0.3 is 0 Å². The molecule has 1 fully saturated rings. The predicted octanol–water partition coefficient (Wildman–Crippen LogP) is 3.00. The Hall–Kier alpha value is -3.41. The zero-order chi connectivity index (χ0) is 23.7. The average Bonchev–Trinajstić information content (AvgIpc) is 3.13. The molecule has 0 aliphatic heterocycles. The third kappa shape index (κ3) is 4.70. The summed E-state index contributed by atoms with van der Waals surface area (Å²) in [6, 6.07) is 0.672. The van der Waals surface area contributed by atoms with Crippen molar-refractivity contribution < 1.29 is 23.1 Å². The molecule has 1 saturated carbocycles. The molecule has 33 heavy (non-hydrogen) atoms. The van der Waals surface area contributed by atoms with Gasteiger partial charge in [-0.2, -0.15) is 4.98 Å². The highest BCUT2D eigenvalue weighted by Crippen LogP contribution is 2.37. The van der Waals surface area contributed by atoms with Crippen molar-refractivity contribution in [3.63, 3.8) is 0 Å². The molecular formula is C21H24F3N7O2. The van der Waals surface area contributed by atoms with E-state index in [9.17, 15) is 23.1 Å². The first kappa shape index (κ1) is 22.8. The molecule has 1 aliphatic rings. The van der Waals surface area contributed by atoms with Crippen LogP contribution in [0.4, 0.5) is 30.8 Å². The van der Waals surface area contributed by atoms with Gasteiger partial charge in [-0.1, -0.05) is 0 Å². The number of carbonyl (C=O) groups is 1. The number of benzene rings is 1.